The van der Waals surface area contributed by atoms with Gasteiger partial charge in [-0.05, 0) is 0 Å². The maximum atomic E-state index is 11.2. The molecule has 12 heteroatoms. The number of ether oxygens (including phenoxy) is 3. The van der Waals surface area contributed by atoms with Gasteiger partial charge in [0, 0.05) is 13.3 Å². The lowest BCUT2D eigenvalue weighted by atomic mass is 9.93. The average molecular weight is 383 g/mol. The Morgan fingerprint density at radius 2 is 1.77 bits per heavy atom. The number of nitrogens with one attached hydrogen (secondary N) is 1. The Labute approximate surface area is 148 Å². The normalized spacial score (nSPS) is 46.8. The summed E-state index contributed by atoms with van der Waals surface area (Å²) in [5, 5.41) is 70.6. The van der Waals surface area contributed by atoms with Crippen molar-refractivity contribution in [3.8, 4) is 0 Å². The minimum Gasteiger partial charge on any atom is -0.394 e. The summed E-state index contributed by atoms with van der Waals surface area (Å²) < 4.78 is 15.8. The van der Waals surface area contributed by atoms with Crippen LogP contribution in [0.5, 0.6) is 0 Å². The van der Waals surface area contributed by atoms with E-state index in [-0.39, 0.29) is 6.42 Å². The van der Waals surface area contributed by atoms with Crippen LogP contribution in [0.1, 0.15) is 13.3 Å². The molecule has 0 aromatic heterocycles. The van der Waals surface area contributed by atoms with Gasteiger partial charge in [0.25, 0.3) is 0 Å². The van der Waals surface area contributed by atoms with Gasteiger partial charge in [0.2, 0.25) is 5.91 Å². The highest BCUT2D eigenvalue weighted by Crippen LogP contribution is 2.31. The fraction of sp³-hybridized carbons (Fsp3) is 0.929. The Morgan fingerprint density at radius 1 is 1.12 bits per heavy atom. The first kappa shape index (κ1) is 21.4. The number of carbonyl (C=O) groups excluding carboxylic acids is 1. The molecule has 0 bridgehead atoms. The Kier molecular flexibility index (Phi) is 6.90. The first-order valence-corrected chi connectivity index (χ1v) is 8.05. The first-order chi connectivity index (χ1) is 12.1. The third-order valence-corrected chi connectivity index (χ3v) is 4.41. The predicted octanol–water partition coefficient (Wildman–Crippen LogP) is -4.90. The molecule has 0 radical (unpaired) electrons. The van der Waals surface area contributed by atoms with E-state index < -0.39 is 74.0 Å². The molecule has 0 unspecified atom stereocenters. The summed E-state index contributed by atoms with van der Waals surface area (Å²) in [6.07, 6.45) is -12.3. The van der Waals surface area contributed by atoms with Gasteiger partial charge in [-0.2, -0.15) is 0 Å². The van der Waals surface area contributed by atoms with Crippen LogP contribution in [0.2, 0.25) is 0 Å². The lowest BCUT2D eigenvalue weighted by Gasteiger charge is -2.47. The molecular formula is C14H25NO11. The zero-order valence-electron chi connectivity index (χ0n) is 14.0. The molecule has 12 nitrogen and oxygen atoms in total. The van der Waals surface area contributed by atoms with E-state index in [0.29, 0.717) is 0 Å². The molecule has 26 heavy (non-hydrogen) atoms. The van der Waals surface area contributed by atoms with E-state index in [1.807, 2.05) is 0 Å². The Balaban J connectivity index is 2.08. The van der Waals surface area contributed by atoms with E-state index in [2.05, 4.69) is 5.32 Å². The molecule has 152 valence electrons. The molecule has 0 aromatic carbocycles. The number of hydrogen-bond donors (Lipinski definition) is 8. The van der Waals surface area contributed by atoms with Gasteiger partial charge < -0.3 is 55.3 Å². The van der Waals surface area contributed by atoms with Crippen LogP contribution in [0, 0.1) is 0 Å². The molecule has 2 fully saturated rings. The van der Waals surface area contributed by atoms with Crippen LogP contribution in [-0.2, 0) is 19.0 Å². The Bertz CT molecular complexity index is 492. The smallest absolute Gasteiger partial charge is 0.219 e. The summed E-state index contributed by atoms with van der Waals surface area (Å²) in [6, 6.07) is 0. The third-order valence-electron chi connectivity index (χ3n) is 4.41. The quantitative estimate of drug-likeness (QED) is 0.212. The molecule has 2 saturated heterocycles. The fourth-order valence-corrected chi connectivity index (χ4v) is 2.96. The Hall–Kier alpha value is -0.930. The van der Waals surface area contributed by atoms with E-state index in [4.69, 9.17) is 19.3 Å². The fourth-order valence-electron chi connectivity index (χ4n) is 2.96. The van der Waals surface area contributed by atoms with Gasteiger partial charge in [0.05, 0.1) is 13.2 Å². The van der Waals surface area contributed by atoms with Crippen molar-refractivity contribution in [2.24, 2.45) is 0 Å². The summed E-state index contributed by atoms with van der Waals surface area (Å²) in [5.74, 6) is -0.665. The molecule has 0 aromatic rings. The zero-order valence-corrected chi connectivity index (χ0v) is 14.0. The van der Waals surface area contributed by atoms with Crippen molar-refractivity contribution in [2.45, 2.75) is 68.3 Å². The maximum absolute atomic E-state index is 11.2. The second-order valence-corrected chi connectivity index (χ2v) is 6.33. The lowest BCUT2D eigenvalue weighted by molar-refractivity contribution is -0.369. The third kappa shape index (κ3) is 4.14. The first-order valence-electron chi connectivity index (χ1n) is 8.05. The van der Waals surface area contributed by atoms with E-state index in [0.717, 1.165) is 6.92 Å². The van der Waals surface area contributed by atoms with Crippen LogP contribution < -0.4 is 5.32 Å². The van der Waals surface area contributed by atoms with Gasteiger partial charge in [0.1, 0.15) is 36.6 Å². The summed E-state index contributed by atoms with van der Waals surface area (Å²) in [6.45, 7) is -0.321. The zero-order chi connectivity index (χ0) is 19.6. The van der Waals surface area contributed by atoms with E-state index >= 15 is 0 Å². The van der Waals surface area contributed by atoms with Gasteiger partial charge in [0.15, 0.2) is 18.3 Å². The molecule has 0 saturated carbocycles. The SMILES string of the molecule is CC(=O)N[C@]1(O)[C@H](O)C[C@@H](O[C@@H]2O[C@H](CO)[C@@H](O)[C@H](O)[C@H]2O)O[C@@H]1CO. The number of carbonyl (C=O) groups is 1. The summed E-state index contributed by atoms with van der Waals surface area (Å²) >= 11 is 0. The second kappa shape index (κ2) is 8.39. The number of aliphatic hydroxyl groups excluding tert-OH is 6. The molecule has 1 amide bonds. The van der Waals surface area contributed by atoms with Crippen molar-refractivity contribution in [3.63, 3.8) is 0 Å². The largest absolute Gasteiger partial charge is 0.394 e. The van der Waals surface area contributed by atoms with Crippen LogP contribution in [0.25, 0.3) is 0 Å². The number of amides is 1. The van der Waals surface area contributed by atoms with E-state index in [9.17, 15) is 35.4 Å². The molecule has 0 spiro atoms. The van der Waals surface area contributed by atoms with Gasteiger partial charge in [-0.3, -0.25) is 4.79 Å². The van der Waals surface area contributed by atoms with Gasteiger partial charge in [-0.1, -0.05) is 0 Å². The standard InChI is InChI=1S/C14H25NO11/c1-5(18)15-14(23)7(19)2-9(25-8(14)4-17)26-13-12(22)11(21)10(20)6(3-16)24-13/h6-13,16-17,19-23H,2-4H2,1H3,(H,15,18)/t6-,7-,8-,9-,10-,11+,12-,13+,14+/m1/s1. The maximum Gasteiger partial charge on any atom is 0.219 e. The van der Waals surface area contributed by atoms with Gasteiger partial charge >= 0.3 is 0 Å². The van der Waals surface area contributed by atoms with Crippen molar-refractivity contribution in [2.75, 3.05) is 13.2 Å². The molecule has 8 N–H and O–H groups in total. The molecule has 0 aliphatic carbocycles. The van der Waals surface area contributed by atoms with Gasteiger partial charge in [-0.25, -0.2) is 0 Å². The van der Waals surface area contributed by atoms with Crippen molar-refractivity contribution >= 4 is 5.91 Å². The average Bonchev–Trinajstić information content (AvgIpc) is 2.57. The molecule has 2 rings (SSSR count). The lowest BCUT2D eigenvalue weighted by Crippen LogP contribution is -2.69. The van der Waals surface area contributed by atoms with Crippen LogP contribution in [0.4, 0.5) is 0 Å². The van der Waals surface area contributed by atoms with Gasteiger partial charge in [-0.15, -0.1) is 0 Å². The van der Waals surface area contributed by atoms with Crippen LogP contribution in [0.15, 0.2) is 0 Å². The molecule has 2 aliphatic heterocycles. The molecular weight excluding hydrogens is 358 g/mol. The van der Waals surface area contributed by atoms with Crippen molar-refractivity contribution in [1.82, 2.24) is 5.32 Å². The minimum absolute atomic E-state index is 0.373. The van der Waals surface area contributed by atoms with Crippen LogP contribution >= 0.6 is 0 Å². The molecule has 2 aliphatic rings. The van der Waals surface area contributed by atoms with Crippen molar-refractivity contribution < 1.29 is 54.8 Å². The number of rotatable bonds is 5. The molecule has 2 heterocycles. The molecule has 9 atom stereocenters. The number of aliphatic hydroxyl groups is 7. The predicted molar refractivity (Wildman–Crippen MR) is 80.0 cm³/mol. The topological polar surface area (TPSA) is 198 Å². The summed E-state index contributed by atoms with van der Waals surface area (Å²) in [4.78, 5) is 11.2. The van der Waals surface area contributed by atoms with E-state index in [1.165, 1.54) is 0 Å². The highest BCUT2D eigenvalue weighted by molar-refractivity contribution is 5.73. The van der Waals surface area contributed by atoms with E-state index in [1.54, 1.807) is 0 Å². The summed E-state index contributed by atoms with van der Waals surface area (Å²) in [5.41, 5.74) is -2.25. The van der Waals surface area contributed by atoms with Crippen LogP contribution in [-0.4, -0.2) is 110 Å². The van der Waals surface area contributed by atoms with Crippen LogP contribution in [0.3, 0.4) is 0 Å². The summed E-state index contributed by atoms with van der Waals surface area (Å²) in [7, 11) is 0. The second-order valence-electron chi connectivity index (χ2n) is 6.33. The van der Waals surface area contributed by atoms with Crippen molar-refractivity contribution in [1.29, 1.82) is 0 Å². The highest BCUT2D eigenvalue weighted by atomic mass is 16.8. The number of hydrogen-bond acceptors (Lipinski definition) is 11. The minimum atomic E-state index is -2.25. The van der Waals surface area contributed by atoms with Crippen molar-refractivity contribution in [3.05, 3.63) is 0 Å². The highest BCUT2D eigenvalue weighted by Gasteiger charge is 2.52. The monoisotopic (exact) mass is 383 g/mol. The Morgan fingerprint density at radius 3 is 2.31 bits per heavy atom.